The first-order valence-electron chi connectivity index (χ1n) is 8.56. The molecular formula is C19H24Cl2N2O2. The Hall–Kier alpha value is -1.36. The van der Waals surface area contributed by atoms with Crippen molar-refractivity contribution in [2.75, 3.05) is 0 Å². The fourth-order valence-electron chi connectivity index (χ4n) is 3.17. The molecule has 3 atom stereocenters. The third kappa shape index (κ3) is 4.08. The maximum atomic E-state index is 13.0. The minimum atomic E-state index is -0.814. The zero-order valence-corrected chi connectivity index (χ0v) is 16.5. The van der Waals surface area contributed by atoms with Gasteiger partial charge in [0.2, 0.25) is 5.78 Å². The fourth-order valence-corrected chi connectivity index (χ4v) is 3.66. The molecule has 4 nitrogen and oxygen atoms in total. The first-order chi connectivity index (χ1) is 11.8. The van der Waals surface area contributed by atoms with Crippen LogP contribution in [0.4, 0.5) is 0 Å². The second kappa shape index (κ2) is 8.35. The summed E-state index contributed by atoms with van der Waals surface area (Å²) in [5.74, 6) is 0.0918. The quantitative estimate of drug-likeness (QED) is 0.645. The maximum Gasteiger partial charge on any atom is 0.214 e. The highest BCUT2D eigenvalue weighted by atomic mass is 35.5. The Labute approximate surface area is 158 Å². The van der Waals surface area contributed by atoms with E-state index < -0.39 is 6.10 Å². The van der Waals surface area contributed by atoms with Crippen LogP contribution in [0.25, 0.3) is 0 Å². The van der Waals surface area contributed by atoms with Crippen LogP contribution < -0.4 is 0 Å². The van der Waals surface area contributed by atoms with E-state index >= 15 is 0 Å². The van der Waals surface area contributed by atoms with Gasteiger partial charge in [-0.2, -0.15) is 0 Å². The Morgan fingerprint density at radius 2 is 1.92 bits per heavy atom. The van der Waals surface area contributed by atoms with Gasteiger partial charge in [0.15, 0.2) is 0 Å². The van der Waals surface area contributed by atoms with Crippen LogP contribution in [0.15, 0.2) is 24.5 Å². The number of hydrogen-bond donors (Lipinski definition) is 1. The molecular weight excluding hydrogens is 359 g/mol. The van der Waals surface area contributed by atoms with E-state index in [4.69, 9.17) is 23.2 Å². The maximum absolute atomic E-state index is 13.0. The normalized spacial score (nSPS) is 15.0. The zero-order valence-electron chi connectivity index (χ0n) is 15.0. The van der Waals surface area contributed by atoms with Crippen molar-refractivity contribution in [3.05, 3.63) is 51.5 Å². The lowest BCUT2D eigenvalue weighted by Gasteiger charge is -2.26. The average molecular weight is 383 g/mol. The van der Waals surface area contributed by atoms with E-state index in [0.29, 0.717) is 22.2 Å². The van der Waals surface area contributed by atoms with Crippen molar-refractivity contribution < 1.29 is 9.90 Å². The number of aliphatic hydroxyl groups excluding tert-OH is 1. The van der Waals surface area contributed by atoms with Gasteiger partial charge in [-0.3, -0.25) is 4.79 Å². The van der Waals surface area contributed by atoms with Crippen molar-refractivity contribution in [1.82, 2.24) is 9.55 Å². The molecule has 0 saturated heterocycles. The SMILES string of the molecule is CCC(C)C(CC)n1cnc(C(=O)c2ccc(Cl)cc2Cl)c1C(C)O. The molecule has 1 aromatic carbocycles. The van der Waals surface area contributed by atoms with Crippen LogP contribution in [-0.2, 0) is 0 Å². The average Bonchev–Trinajstić information content (AvgIpc) is 2.99. The van der Waals surface area contributed by atoms with Crippen molar-refractivity contribution in [2.45, 2.75) is 52.7 Å². The molecule has 0 radical (unpaired) electrons. The largest absolute Gasteiger partial charge is 0.387 e. The summed E-state index contributed by atoms with van der Waals surface area (Å²) in [7, 11) is 0. The highest BCUT2D eigenvalue weighted by Gasteiger charge is 2.28. The molecule has 0 aliphatic carbocycles. The Kier molecular flexibility index (Phi) is 6.66. The summed E-state index contributed by atoms with van der Waals surface area (Å²) < 4.78 is 1.94. The lowest BCUT2D eigenvalue weighted by molar-refractivity contribution is 0.102. The van der Waals surface area contributed by atoms with E-state index in [0.717, 1.165) is 12.8 Å². The highest BCUT2D eigenvalue weighted by Crippen LogP contribution is 2.31. The van der Waals surface area contributed by atoms with Gasteiger partial charge in [0.25, 0.3) is 0 Å². The smallest absolute Gasteiger partial charge is 0.214 e. The number of carbonyl (C=O) groups is 1. The third-order valence-corrected chi connectivity index (χ3v) is 5.24. The number of imidazole rings is 1. The fraction of sp³-hybridized carbons (Fsp3) is 0.474. The molecule has 0 bridgehead atoms. The molecule has 0 spiro atoms. The number of hydrogen-bond acceptors (Lipinski definition) is 3. The van der Waals surface area contributed by atoms with Gasteiger partial charge in [-0.05, 0) is 37.5 Å². The van der Waals surface area contributed by atoms with Crippen LogP contribution in [-0.4, -0.2) is 20.4 Å². The molecule has 0 fully saturated rings. The number of rotatable bonds is 7. The molecule has 6 heteroatoms. The van der Waals surface area contributed by atoms with Gasteiger partial charge in [-0.1, -0.05) is 50.4 Å². The van der Waals surface area contributed by atoms with E-state index in [1.165, 1.54) is 6.07 Å². The number of aliphatic hydroxyl groups is 1. The molecule has 2 rings (SSSR count). The predicted octanol–water partition coefficient (Wildman–Crippen LogP) is 5.47. The van der Waals surface area contributed by atoms with E-state index in [-0.39, 0.29) is 22.5 Å². The summed E-state index contributed by atoms with van der Waals surface area (Å²) in [5.41, 5.74) is 1.10. The zero-order chi connectivity index (χ0) is 18.7. The lowest BCUT2D eigenvalue weighted by Crippen LogP contribution is -2.20. The Balaban J connectivity index is 2.53. The highest BCUT2D eigenvalue weighted by molar-refractivity contribution is 6.37. The second-order valence-corrected chi connectivity index (χ2v) is 7.22. The molecule has 1 N–H and O–H groups in total. The molecule has 25 heavy (non-hydrogen) atoms. The van der Waals surface area contributed by atoms with Crippen LogP contribution in [0.1, 0.15) is 74.4 Å². The van der Waals surface area contributed by atoms with Gasteiger partial charge < -0.3 is 9.67 Å². The Bertz CT molecular complexity index is 756. The number of benzene rings is 1. The minimum absolute atomic E-state index is 0.171. The van der Waals surface area contributed by atoms with E-state index in [2.05, 4.69) is 25.8 Å². The molecule has 1 aromatic heterocycles. The molecule has 0 saturated carbocycles. The molecule has 0 aliphatic heterocycles. The minimum Gasteiger partial charge on any atom is -0.387 e. The van der Waals surface area contributed by atoms with Gasteiger partial charge in [-0.15, -0.1) is 0 Å². The first-order valence-corrected chi connectivity index (χ1v) is 9.31. The van der Waals surface area contributed by atoms with Gasteiger partial charge in [0.1, 0.15) is 5.69 Å². The summed E-state index contributed by atoms with van der Waals surface area (Å²) in [6.07, 6.45) is 2.73. The van der Waals surface area contributed by atoms with Crippen LogP contribution in [0, 0.1) is 5.92 Å². The standard InChI is InChI=1S/C19H24Cl2N2O2/c1-5-11(3)16(6-2)23-10-22-17(18(23)12(4)24)19(25)14-8-7-13(20)9-15(14)21/h7-12,16,24H,5-6H2,1-4H3. The Morgan fingerprint density at radius 1 is 1.24 bits per heavy atom. The van der Waals surface area contributed by atoms with Gasteiger partial charge in [0, 0.05) is 16.6 Å². The summed E-state index contributed by atoms with van der Waals surface area (Å²) in [6.45, 7) is 8.04. The number of carbonyl (C=O) groups excluding carboxylic acids is 1. The van der Waals surface area contributed by atoms with Crippen LogP contribution in [0.3, 0.4) is 0 Å². The van der Waals surface area contributed by atoms with Crippen LogP contribution >= 0.6 is 23.2 Å². The molecule has 0 aliphatic rings. The van der Waals surface area contributed by atoms with Gasteiger partial charge in [0.05, 0.1) is 23.1 Å². The van der Waals surface area contributed by atoms with Crippen molar-refractivity contribution in [1.29, 1.82) is 0 Å². The molecule has 3 unspecified atom stereocenters. The van der Waals surface area contributed by atoms with Crippen molar-refractivity contribution in [3.63, 3.8) is 0 Å². The van der Waals surface area contributed by atoms with Crippen LogP contribution in [0.2, 0.25) is 10.0 Å². The number of halogens is 2. The Morgan fingerprint density at radius 3 is 2.44 bits per heavy atom. The number of ketones is 1. The number of nitrogens with zero attached hydrogens (tertiary/aromatic N) is 2. The predicted molar refractivity (Wildman–Crippen MR) is 102 cm³/mol. The van der Waals surface area contributed by atoms with E-state index in [1.807, 2.05) is 4.57 Å². The van der Waals surface area contributed by atoms with Gasteiger partial charge in [-0.25, -0.2) is 4.98 Å². The van der Waals surface area contributed by atoms with E-state index in [9.17, 15) is 9.90 Å². The summed E-state index contributed by atoms with van der Waals surface area (Å²) in [6, 6.07) is 4.91. The molecule has 2 aromatic rings. The second-order valence-electron chi connectivity index (χ2n) is 6.38. The van der Waals surface area contributed by atoms with Crippen molar-refractivity contribution in [2.24, 2.45) is 5.92 Å². The first kappa shape index (κ1) is 20.0. The third-order valence-electron chi connectivity index (χ3n) is 4.69. The van der Waals surface area contributed by atoms with Gasteiger partial charge >= 0.3 is 0 Å². The molecule has 0 amide bonds. The van der Waals surface area contributed by atoms with Crippen molar-refractivity contribution in [3.8, 4) is 0 Å². The summed E-state index contributed by atoms with van der Waals surface area (Å²) in [5, 5.41) is 11.1. The van der Waals surface area contributed by atoms with Crippen molar-refractivity contribution >= 4 is 29.0 Å². The molecule has 1 heterocycles. The summed E-state index contributed by atoms with van der Waals surface area (Å²) >= 11 is 12.1. The number of aromatic nitrogens is 2. The van der Waals surface area contributed by atoms with Crippen LogP contribution in [0.5, 0.6) is 0 Å². The summed E-state index contributed by atoms with van der Waals surface area (Å²) in [4.78, 5) is 17.3. The lowest BCUT2D eigenvalue weighted by atomic mass is 9.95. The topological polar surface area (TPSA) is 55.1 Å². The monoisotopic (exact) mass is 382 g/mol. The van der Waals surface area contributed by atoms with E-state index in [1.54, 1.807) is 25.4 Å². The molecule has 136 valence electrons.